The van der Waals surface area contributed by atoms with Crippen molar-refractivity contribution in [2.75, 3.05) is 24.7 Å². The largest absolute Gasteiger partial charge is 0.481 e. The van der Waals surface area contributed by atoms with Crippen LogP contribution in [0.3, 0.4) is 0 Å². The summed E-state index contributed by atoms with van der Waals surface area (Å²) < 4.78 is 0. The minimum absolute atomic E-state index is 0.0116. The monoisotopic (exact) mass is 421 g/mol. The third kappa shape index (κ3) is 8.60. The lowest BCUT2D eigenvalue weighted by molar-refractivity contribution is -0.137. The molecular weight excluding hydrogens is 390 g/mol. The average molecular weight is 422 g/mol. The van der Waals surface area contributed by atoms with E-state index >= 15 is 0 Å². The van der Waals surface area contributed by atoms with Crippen LogP contribution in [0.5, 0.6) is 0 Å². The predicted molar refractivity (Wildman–Crippen MR) is 115 cm³/mol. The number of amides is 1. The van der Waals surface area contributed by atoms with E-state index in [-0.39, 0.29) is 25.0 Å². The van der Waals surface area contributed by atoms with E-state index in [0.29, 0.717) is 32.2 Å². The van der Waals surface area contributed by atoms with Crippen LogP contribution in [0.4, 0.5) is 0 Å². The maximum absolute atomic E-state index is 12.2. The molecule has 0 radical (unpaired) electrons. The van der Waals surface area contributed by atoms with Gasteiger partial charge in [0.05, 0.1) is 12.1 Å². The van der Waals surface area contributed by atoms with Gasteiger partial charge < -0.3 is 20.2 Å². The molecule has 1 aromatic carbocycles. The van der Waals surface area contributed by atoms with Gasteiger partial charge in [0.15, 0.2) is 0 Å². The fraction of sp³-hybridized carbons (Fsp3) is 0.545. The summed E-state index contributed by atoms with van der Waals surface area (Å²) in [5, 5.41) is 28.1. The first kappa shape index (κ1) is 23.4. The summed E-state index contributed by atoms with van der Waals surface area (Å²) in [7, 11) is 0. The van der Waals surface area contributed by atoms with Gasteiger partial charge in [-0.2, -0.15) is 11.8 Å². The molecule has 0 spiro atoms. The van der Waals surface area contributed by atoms with Gasteiger partial charge in [-0.3, -0.25) is 9.59 Å². The quantitative estimate of drug-likeness (QED) is 0.334. The summed E-state index contributed by atoms with van der Waals surface area (Å²) in [6.45, 7) is 0.750. The van der Waals surface area contributed by atoms with Crippen molar-refractivity contribution < 1.29 is 24.9 Å². The number of nitrogens with zero attached hydrogens (tertiary/aromatic N) is 1. The lowest BCUT2D eigenvalue weighted by atomic mass is 10.0. The van der Waals surface area contributed by atoms with Crippen LogP contribution in [0.1, 0.15) is 36.8 Å². The van der Waals surface area contributed by atoms with Crippen molar-refractivity contribution >= 4 is 23.6 Å². The Hall–Kier alpha value is -1.83. The Labute approximate surface area is 176 Å². The number of thioether (sulfide) groups is 1. The highest BCUT2D eigenvalue weighted by Crippen LogP contribution is 2.21. The van der Waals surface area contributed by atoms with E-state index in [4.69, 9.17) is 10.2 Å². The molecule has 1 aliphatic heterocycles. The highest BCUT2D eigenvalue weighted by molar-refractivity contribution is 7.99. The molecule has 0 bridgehead atoms. The van der Waals surface area contributed by atoms with Crippen molar-refractivity contribution in [3.63, 3.8) is 0 Å². The van der Waals surface area contributed by atoms with Gasteiger partial charge in [0.25, 0.3) is 0 Å². The Kier molecular flexibility index (Phi) is 10.2. The van der Waals surface area contributed by atoms with Gasteiger partial charge in [0.2, 0.25) is 5.91 Å². The zero-order chi connectivity index (χ0) is 21.1. The molecule has 1 saturated heterocycles. The van der Waals surface area contributed by atoms with Gasteiger partial charge >= 0.3 is 5.97 Å². The second-order valence-electron chi connectivity index (χ2n) is 7.25. The molecule has 1 heterocycles. The molecular formula is C22H31NO5S. The molecule has 160 valence electrons. The molecule has 3 N–H and O–H groups in total. The van der Waals surface area contributed by atoms with Crippen LogP contribution in [0.2, 0.25) is 0 Å². The Morgan fingerprint density at radius 3 is 2.86 bits per heavy atom. The first-order chi connectivity index (χ1) is 14.0. The summed E-state index contributed by atoms with van der Waals surface area (Å²) in [4.78, 5) is 24.5. The summed E-state index contributed by atoms with van der Waals surface area (Å²) >= 11 is 1.67. The van der Waals surface area contributed by atoms with Crippen LogP contribution in [-0.4, -0.2) is 68.9 Å². The van der Waals surface area contributed by atoms with E-state index in [2.05, 4.69) is 0 Å². The maximum Gasteiger partial charge on any atom is 0.303 e. The van der Waals surface area contributed by atoms with Gasteiger partial charge in [-0.05, 0) is 36.1 Å². The third-order valence-electron chi connectivity index (χ3n) is 4.92. The number of aliphatic carboxylic acids is 1. The molecule has 29 heavy (non-hydrogen) atoms. The molecule has 1 amide bonds. The second-order valence-corrected chi connectivity index (χ2v) is 8.48. The van der Waals surface area contributed by atoms with Crippen LogP contribution in [0.25, 0.3) is 0 Å². The number of benzene rings is 1. The molecule has 1 aliphatic rings. The number of carboxylic acids is 1. The van der Waals surface area contributed by atoms with Gasteiger partial charge in [0, 0.05) is 38.2 Å². The minimum atomic E-state index is -0.774. The number of rotatable bonds is 13. The molecule has 0 saturated carbocycles. The molecule has 2 atom stereocenters. The number of carbonyl (C=O) groups is 2. The molecule has 6 nitrogen and oxygen atoms in total. The van der Waals surface area contributed by atoms with Crippen LogP contribution < -0.4 is 0 Å². The standard InChI is InChI=1S/C22H31NO5S/c24-12-10-17-3-1-4-18(15-17)16-20(25)8-6-19-7-9-21(26)23(19)11-14-29-13-2-5-22(27)28/h1,3-4,6,8,15,19-20,24-25H,2,5,7,9-14,16H2,(H,27,28)/b8-6+/t19-,20+/m0/s1. The summed E-state index contributed by atoms with van der Waals surface area (Å²) in [6.07, 6.45) is 6.29. The van der Waals surface area contributed by atoms with Crippen molar-refractivity contribution in [2.24, 2.45) is 0 Å². The summed E-state index contributed by atoms with van der Waals surface area (Å²) in [5.41, 5.74) is 2.07. The molecule has 1 aromatic rings. The van der Waals surface area contributed by atoms with Crippen LogP contribution in [0, 0.1) is 0 Å². The highest BCUT2D eigenvalue weighted by atomic mass is 32.2. The first-order valence-electron chi connectivity index (χ1n) is 10.1. The average Bonchev–Trinajstić information content (AvgIpc) is 3.03. The van der Waals surface area contributed by atoms with Gasteiger partial charge in [-0.15, -0.1) is 0 Å². The van der Waals surface area contributed by atoms with Crippen LogP contribution in [0.15, 0.2) is 36.4 Å². The zero-order valence-corrected chi connectivity index (χ0v) is 17.5. The molecule has 2 rings (SSSR count). The van der Waals surface area contributed by atoms with E-state index in [1.807, 2.05) is 35.2 Å². The van der Waals surface area contributed by atoms with E-state index in [1.54, 1.807) is 17.8 Å². The molecule has 1 fully saturated rings. The molecule has 0 unspecified atom stereocenters. The Morgan fingerprint density at radius 1 is 1.31 bits per heavy atom. The van der Waals surface area contributed by atoms with Crippen LogP contribution >= 0.6 is 11.8 Å². The fourth-order valence-electron chi connectivity index (χ4n) is 3.44. The Balaban J connectivity index is 1.79. The van der Waals surface area contributed by atoms with Crippen molar-refractivity contribution in [3.8, 4) is 0 Å². The second kappa shape index (κ2) is 12.7. The normalized spacial score (nSPS) is 17.9. The predicted octanol–water partition coefficient (Wildman–Crippen LogP) is 2.27. The number of hydrogen-bond donors (Lipinski definition) is 3. The third-order valence-corrected chi connectivity index (χ3v) is 5.97. The van der Waals surface area contributed by atoms with Gasteiger partial charge in [-0.1, -0.05) is 36.4 Å². The number of aliphatic hydroxyl groups excluding tert-OH is 2. The van der Waals surface area contributed by atoms with Gasteiger partial charge in [-0.25, -0.2) is 0 Å². The number of hydrogen-bond acceptors (Lipinski definition) is 5. The maximum atomic E-state index is 12.2. The Morgan fingerprint density at radius 2 is 2.10 bits per heavy atom. The van der Waals surface area contributed by atoms with Crippen molar-refractivity contribution in [1.29, 1.82) is 0 Å². The molecule has 0 aliphatic carbocycles. The number of likely N-dealkylation sites (tertiary alicyclic amines) is 1. The number of carboxylic acid groups (broad SMARTS) is 1. The van der Waals surface area contributed by atoms with E-state index < -0.39 is 12.1 Å². The summed E-state index contributed by atoms with van der Waals surface area (Å²) in [6, 6.07) is 7.87. The number of carbonyl (C=O) groups excluding carboxylic acids is 1. The fourth-order valence-corrected chi connectivity index (χ4v) is 4.32. The summed E-state index contributed by atoms with van der Waals surface area (Å²) in [5.74, 6) is 0.930. The zero-order valence-electron chi connectivity index (χ0n) is 16.7. The topological polar surface area (TPSA) is 98.1 Å². The van der Waals surface area contributed by atoms with E-state index in [0.717, 1.165) is 29.1 Å². The smallest absolute Gasteiger partial charge is 0.303 e. The number of aliphatic hydroxyl groups is 2. The highest BCUT2D eigenvalue weighted by Gasteiger charge is 2.28. The van der Waals surface area contributed by atoms with Crippen molar-refractivity contribution in [2.45, 2.75) is 50.7 Å². The molecule has 7 heteroatoms. The van der Waals surface area contributed by atoms with Gasteiger partial charge in [0.1, 0.15) is 0 Å². The lowest BCUT2D eigenvalue weighted by Gasteiger charge is -2.22. The lowest BCUT2D eigenvalue weighted by Crippen LogP contribution is -2.34. The Bertz CT molecular complexity index is 694. The van der Waals surface area contributed by atoms with Crippen molar-refractivity contribution in [3.05, 3.63) is 47.5 Å². The van der Waals surface area contributed by atoms with Crippen molar-refractivity contribution in [1.82, 2.24) is 4.90 Å². The van der Waals surface area contributed by atoms with Crippen LogP contribution in [-0.2, 0) is 22.4 Å². The first-order valence-corrected chi connectivity index (χ1v) is 11.3. The SMILES string of the molecule is O=C(O)CCCSCCN1C(=O)CC[C@@H]1/C=C/[C@@H](O)Cc1cccc(CCO)c1. The van der Waals surface area contributed by atoms with E-state index in [1.165, 1.54) is 0 Å². The molecule has 0 aromatic heterocycles. The van der Waals surface area contributed by atoms with E-state index in [9.17, 15) is 14.7 Å². The minimum Gasteiger partial charge on any atom is -0.481 e.